The Morgan fingerprint density at radius 2 is 1.48 bits per heavy atom. The summed E-state index contributed by atoms with van der Waals surface area (Å²) in [6.45, 7) is 4.45. The third-order valence-electron chi connectivity index (χ3n) is 7.51. The maximum Gasteiger partial charge on any atom is 0.296 e. The van der Waals surface area contributed by atoms with Crippen LogP contribution in [-0.2, 0) is 20.2 Å². The number of nitrogens with zero attached hydrogens (tertiary/aromatic N) is 4. The number of carbonyl (C=O) groups is 2. The van der Waals surface area contributed by atoms with Crippen molar-refractivity contribution in [3.05, 3.63) is 80.9 Å². The lowest BCUT2D eigenvalue weighted by Crippen LogP contribution is -2.39. The van der Waals surface area contributed by atoms with E-state index in [0.29, 0.717) is 0 Å². The van der Waals surface area contributed by atoms with Crippen molar-refractivity contribution >= 4 is 60.7 Å². The largest absolute Gasteiger partial charge is 0.397 e. The van der Waals surface area contributed by atoms with Crippen molar-refractivity contribution < 1.29 is 35.5 Å². The molecule has 0 saturated carbocycles. The summed E-state index contributed by atoms with van der Waals surface area (Å²) in [7, 11) is -10.1. The summed E-state index contributed by atoms with van der Waals surface area (Å²) in [5, 5.41) is 1.04. The molecule has 0 amide bonds. The van der Waals surface area contributed by atoms with Crippen molar-refractivity contribution in [2.75, 3.05) is 23.8 Å². The molecule has 1 aliphatic carbocycles. The zero-order chi connectivity index (χ0) is 33.9. The number of rotatable bonds is 8. The van der Waals surface area contributed by atoms with Crippen LogP contribution in [0, 0.1) is 20.8 Å². The van der Waals surface area contributed by atoms with Gasteiger partial charge in [0.2, 0.25) is 11.2 Å². The molecule has 3 aromatic carbocycles. The summed E-state index contributed by atoms with van der Waals surface area (Å²) in [4.78, 5) is 38.4. The topological polar surface area (TPSA) is 249 Å². The monoisotopic (exact) mass is 687 g/mol. The zero-order valence-electron chi connectivity index (χ0n) is 24.4. The maximum atomic E-state index is 14.1. The highest BCUT2D eigenvalue weighted by atomic mass is 35.5. The smallest absolute Gasteiger partial charge is 0.296 e. The Balaban J connectivity index is 2.01. The lowest BCUT2D eigenvalue weighted by Gasteiger charge is -2.31. The van der Waals surface area contributed by atoms with Gasteiger partial charge in [-0.05, 0) is 66.3 Å². The molecule has 0 saturated heterocycles. The Hall–Kier alpha value is -4.36. The van der Waals surface area contributed by atoms with Gasteiger partial charge in [-0.2, -0.15) is 26.8 Å². The Labute approximate surface area is 268 Å². The lowest BCUT2D eigenvalue weighted by atomic mass is 9.78. The van der Waals surface area contributed by atoms with Gasteiger partial charge in [0, 0.05) is 29.8 Å². The summed E-state index contributed by atoms with van der Waals surface area (Å²) >= 11 is 6.03. The van der Waals surface area contributed by atoms with Gasteiger partial charge in [0.05, 0.1) is 16.9 Å². The van der Waals surface area contributed by atoms with Crippen molar-refractivity contribution in [2.45, 2.75) is 30.6 Å². The molecule has 0 bridgehead atoms. The number of ketones is 2. The van der Waals surface area contributed by atoms with Crippen molar-refractivity contribution in [1.29, 1.82) is 0 Å². The number of hydrazine groups is 1. The van der Waals surface area contributed by atoms with E-state index in [0.717, 1.165) is 12.4 Å². The molecule has 1 aliphatic rings. The molecular formula is C28H26ClN7O8S2. The minimum atomic E-state index is -5.11. The minimum absolute atomic E-state index is 0.00521. The number of halogens is 1. The Bertz CT molecular complexity index is 2210. The molecule has 0 aliphatic heterocycles. The SMILES string of the molecule is Cc1c(-c2cc(S(=O)(=O)O)c(N)c3c2C(=O)c2ccccc2C3=O)c(C)c(S(=O)(=O)O)c(C)c1N(NCCN)c1ncnc(Cl)n1. The first kappa shape index (κ1) is 33.0. The number of hydrogen-bond donors (Lipinski definition) is 5. The van der Waals surface area contributed by atoms with Crippen LogP contribution in [0.2, 0.25) is 5.28 Å². The average molecular weight is 688 g/mol. The van der Waals surface area contributed by atoms with E-state index in [1.165, 1.54) is 50.0 Å². The summed E-state index contributed by atoms with van der Waals surface area (Å²) in [6.07, 6.45) is 1.10. The Morgan fingerprint density at radius 3 is 2.02 bits per heavy atom. The summed E-state index contributed by atoms with van der Waals surface area (Å²) < 4.78 is 71.7. The molecule has 18 heteroatoms. The molecule has 4 aromatic rings. The summed E-state index contributed by atoms with van der Waals surface area (Å²) in [5.74, 6) is -1.63. The number of hydrogen-bond acceptors (Lipinski definition) is 13. The summed E-state index contributed by atoms with van der Waals surface area (Å²) in [6, 6.07) is 6.70. The molecule has 1 aromatic heterocycles. The van der Waals surface area contributed by atoms with Gasteiger partial charge in [-0.25, -0.2) is 15.4 Å². The molecule has 1 heterocycles. The van der Waals surface area contributed by atoms with Crippen LogP contribution in [-0.4, -0.2) is 65.5 Å². The number of nitrogen functional groups attached to an aromatic ring is 1. The van der Waals surface area contributed by atoms with Crippen LogP contribution < -0.4 is 21.9 Å². The average Bonchev–Trinajstić information content (AvgIpc) is 2.96. The van der Waals surface area contributed by atoms with Gasteiger partial charge in [-0.1, -0.05) is 24.3 Å². The number of anilines is 3. The van der Waals surface area contributed by atoms with E-state index >= 15 is 0 Å². The fraction of sp³-hybridized carbons (Fsp3) is 0.179. The molecule has 15 nitrogen and oxygen atoms in total. The molecule has 0 fully saturated rings. The van der Waals surface area contributed by atoms with E-state index in [-0.39, 0.29) is 74.5 Å². The number of benzene rings is 3. The highest BCUT2D eigenvalue weighted by Gasteiger charge is 2.39. The van der Waals surface area contributed by atoms with Gasteiger partial charge in [-0.3, -0.25) is 18.7 Å². The fourth-order valence-corrected chi connectivity index (χ4v) is 7.55. The van der Waals surface area contributed by atoms with Gasteiger partial charge < -0.3 is 11.5 Å². The van der Waals surface area contributed by atoms with Crippen LogP contribution in [0.15, 0.2) is 46.5 Å². The molecule has 0 unspecified atom stereocenters. The predicted octanol–water partition coefficient (Wildman–Crippen LogP) is 2.57. The van der Waals surface area contributed by atoms with Crippen LogP contribution in [0.25, 0.3) is 11.1 Å². The van der Waals surface area contributed by atoms with Crippen molar-refractivity contribution in [3.8, 4) is 11.1 Å². The van der Waals surface area contributed by atoms with E-state index < -0.39 is 52.8 Å². The van der Waals surface area contributed by atoms with Gasteiger partial charge in [-0.15, -0.1) is 0 Å². The van der Waals surface area contributed by atoms with Gasteiger partial charge in [0.15, 0.2) is 11.6 Å². The zero-order valence-corrected chi connectivity index (χ0v) is 26.7. The Morgan fingerprint density at radius 1 is 0.870 bits per heavy atom. The fourth-order valence-electron chi connectivity index (χ4n) is 5.82. The second-order valence-corrected chi connectivity index (χ2v) is 13.3. The molecule has 0 atom stereocenters. The third-order valence-corrected chi connectivity index (χ3v) is 9.72. The normalized spacial score (nSPS) is 13.0. The minimum Gasteiger partial charge on any atom is -0.397 e. The van der Waals surface area contributed by atoms with Crippen LogP contribution in [0.3, 0.4) is 0 Å². The van der Waals surface area contributed by atoms with Crippen LogP contribution >= 0.6 is 11.6 Å². The molecule has 0 radical (unpaired) electrons. The van der Waals surface area contributed by atoms with Crippen LogP contribution in [0.4, 0.5) is 17.3 Å². The molecule has 46 heavy (non-hydrogen) atoms. The van der Waals surface area contributed by atoms with Crippen molar-refractivity contribution in [3.63, 3.8) is 0 Å². The first-order chi connectivity index (χ1) is 21.5. The van der Waals surface area contributed by atoms with Crippen molar-refractivity contribution in [2.24, 2.45) is 5.73 Å². The predicted molar refractivity (Wildman–Crippen MR) is 167 cm³/mol. The third kappa shape index (κ3) is 5.41. The van der Waals surface area contributed by atoms with E-state index in [4.69, 9.17) is 23.1 Å². The van der Waals surface area contributed by atoms with Crippen LogP contribution in [0.1, 0.15) is 48.5 Å². The molecule has 240 valence electrons. The van der Waals surface area contributed by atoms with E-state index in [1.54, 1.807) is 0 Å². The summed E-state index contributed by atoms with van der Waals surface area (Å²) in [5.41, 5.74) is 13.1. The number of fused-ring (bicyclic) bond motifs is 2. The highest BCUT2D eigenvalue weighted by Crippen LogP contribution is 2.47. The Kier molecular flexibility index (Phi) is 8.45. The van der Waals surface area contributed by atoms with E-state index in [2.05, 4.69) is 20.4 Å². The molecule has 7 N–H and O–H groups in total. The van der Waals surface area contributed by atoms with E-state index in [1.807, 2.05) is 0 Å². The van der Waals surface area contributed by atoms with Crippen molar-refractivity contribution in [1.82, 2.24) is 20.4 Å². The molecular weight excluding hydrogens is 662 g/mol. The number of carbonyl (C=O) groups excluding carboxylic acids is 2. The van der Waals surface area contributed by atoms with E-state index in [9.17, 15) is 35.5 Å². The second kappa shape index (κ2) is 11.8. The standard InChI is InChI=1S/C28H26ClN7O8S2/c1-12-19(13(2)26(46(42,43)44)14(3)23(12)36(34-9-8-30)28-33-11-32-27(29)35-28)17-10-18(45(39,40)41)22(31)21-20(17)24(37)15-6-4-5-7-16(15)25(21)38/h4-7,10-11,34H,8-9,30-31H2,1-3H3,(H,39,40,41)(H,42,43,44). The first-order valence-corrected chi connectivity index (χ1v) is 16.6. The second-order valence-electron chi connectivity index (χ2n) is 10.3. The quantitative estimate of drug-likeness (QED) is 0.0893. The lowest BCUT2D eigenvalue weighted by molar-refractivity contribution is 0.0980. The number of nitrogens with one attached hydrogen (secondary N) is 1. The van der Waals surface area contributed by atoms with Gasteiger partial charge >= 0.3 is 0 Å². The molecule has 0 spiro atoms. The number of nitrogens with two attached hydrogens (primary N) is 2. The highest BCUT2D eigenvalue weighted by molar-refractivity contribution is 7.86. The van der Waals surface area contributed by atoms with Gasteiger partial charge in [0.25, 0.3) is 20.2 Å². The molecule has 5 rings (SSSR count). The maximum absolute atomic E-state index is 14.1. The van der Waals surface area contributed by atoms with Gasteiger partial charge in [0.1, 0.15) is 16.1 Å². The number of aromatic nitrogens is 3. The first-order valence-electron chi connectivity index (χ1n) is 13.3. The van der Waals surface area contributed by atoms with Crippen LogP contribution in [0.5, 0.6) is 0 Å².